The third kappa shape index (κ3) is 5.40. The predicted octanol–water partition coefficient (Wildman–Crippen LogP) is 9.37. The van der Waals surface area contributed by atoms with Gasteiger partial charge in [0.1, 0.15) is 5.01 Å². The first-order valence-corrected chi connectivity index (χ1v) is 13.5. The molecule has 0 aliphatic heterocycles. The lowest BCUT2D eigenvalue weighted by molar-refractivity contribution is 0.568. The molecule has 0 atom stereocenters. The van der Waals surface area contributed by atoms with Crippen molar-refractivity contribution in [1.82, 2.24) is 9.97 Å². The molecule has 5 aromatic rings. The molecule has 0 radical (unpaired) electrons. The van der Waals surface area contributed by atoms with E-state index in [1.54, 1.807) is 11.3 Å². The smallest absolute Gasteiger partial charge is 0.126 e. The van der Waals surface area contributed by atoms with Gasteiger partial charge in [0.2, 0.25) is 0 Å². The van der Waals surface area contributed by atoms with Gasteiger partial charge in [0.25, 0.3) is 0 Å². The van der Waals surface area contributed by atoms with E-state index in [-0.39, 0.29) is 10.8 Å². The molecule has 5 rings (SSSR count). The molecule has 2 heterocycles. The number of hydrogen-bond acceptors (Lipinski definition) is 4. The quantitative estimate of drug-likeness (QED) is 0.229. The molecule has 4 heteroatoms. The SMILES string of the molecule is CC(C)(C)c1cc(C=Nc2ccccc2-c2nc3c(-c4ccncc4)cccc3s2)cc(C(C)(C)C)c1. The largest absolute Gasteiger partial charge is 0.265 e. The summed E-state index contributed by atoms with van der Waals surface area (Å²) in [6.07, 6.45) is 5.65. The van der Waals surface area contributed by atoms with E-state index in [4.69, 9.17) is 9.98 Å². The van der Waals surface area contributed by atoms with Gasteiger partial charge in [-0.2, -0.15) is 0 Å². The van der Waals surface area contributed by atoms with Gasteiger partial charge in [-0.15, -0.1) is 11.3 Å². The first kappa shape index (κ1) is 25.0. The topological polar surface area (TPSA) is 38.1 Å². The van der Waals surface area contributed by atoms with Gasteiger partial charge >= 0.3 is 0 Å². The molecule has 37 heavy (non-hydrogen) atoms. The number of hydrogen-bond donors (Lipinski definition) is 0. The standard InChI is InChI=1S/C33H33N3S/c1-32(2,3)24-18-22(19-25(20-24)33(4,5)6)21-35-28-12-8-7-10-27(28)31-36-30-26(11-9-13-29(30)37-31)23-14-16-34-17-15-23/h7-21H,1-6H3. The van der Waals surface area contributed by atoms with E-state index in [9.17, 15) is 0 Å². The number of benzene rings is 3. The fourth-order valence-electron chi connectivity index (χ4n) is 4.33. The van der Waals surface area contributed by atoms with Crippen LogP contribution in [0, 0.1) is 0 Å². The van der Waals surface area contributed by atoms with Crippen molar-refractivity contribution in [2.24, 2.45) is 4.99 Å². The van der Waals surface area contributed by atoms with Crippen molar-refractivity contribution >= 4 is 33.5 Å². The fraction of sp³-hybridized carbons (Fsp3) is 0.242. The zero-order chi connectivity index (χ0) is 26.2. The number of rotatable bonds is 4. The van der Waals surface area contributed by atoms with Crippen LogP contribution < -0.4 is 0 Å². The molecule has 0 unspecified atom stereocenters. The Hall–Kier alpha value is -3.63. The van der Waals surface area contributed by atoms with Crippen LogP contribution in [0.3, 0.4) is 0 Å². The average Bonchev–Trinajstić information content (AvgIpc) is 3.31. The van der Waals surface area contributed by atoms with E-state index < -0.39 is 0 Å². The Bertz CT molecular complexity index is 1550. The van der Waals surface area contributed by atoms with Gasteiger partial charge < -0.3 is 0 Å². The number of thiazole rings is 1. The fourth-order valence-corrected chi connectivity index (χ4v) is 5.36. The summed E-state index contributed by atoms with van der Waals surface area (Å²) in [4.78, 5) is 14.2. The van der Waals surface area contributed by atoms with Gasteiger partial charge in [0.15, 0.2) is 0 Å². The second kappa shape index (κ2) is 9.68. The third-order valence-corrected chi connectivity index (χ3v) is 7.64. The van der Waals surface area contributed by atoms with Gasteiger partial charge in [-0.1, -0.05) is 71.9 Å². The van der Waals surface area contributed by atoms with Crippen LogP contribution >= 0.6 is 11.3 Å². The lowest BCUT2D eigenvalue weighted by Gasteiger charge is -2.25. The highest BCUT2D eigenvalue weighted by atomic mass is 32.1. The summed E-state index contributed by atoms with van der Waals surface area (Å²) in [5, 5.41) is 0.975. The molecular formula is C33H33N3S. The summed E-state index contributed by atoms with van der Waals surface area (Å²) in [7, 11) is 0. The molecule has 3 nitrogen and oxygen atoms in total. The van der Waals surface area contributed by atoms with E-state index in [1.165, 1.54) is 11.1 Å². The second-order valence-electron chi connectivity index (χ2n) is 11.5. The van der Waals surface area contributed by atoms with Crippen LogP contribution in [0.4, 0.5) is 5.69 Å². The minimum absolute atomic E-state index is 0.0648. The van der Waals surface area contributed by atoms with Gasteiger partial charge in [-0.3, -0.25) is 9.98 Å². The summed E-state index contributed by atoms with van der Waals surface area (Å²) >= 11 is 1.71. The van der Waals surface area contributed by atoms with Gasteiger partial charge in [-0.25, -0.2) is 4.98 Å². The number of para-hydroxylation sites is 2. The number of aromatic nitrogens is 2. The van der Waals surface area contributed by atoms with Crippen LogP contribution in [0.25, 0.3) is 31.9 Å². The van der Waals surface area contributed by atoms with Gasteiger partial charge in [-0.05, 0) is 75.5 Å². The lowest BCUT2D eigenvalue weighted by atomic mass is 9.79. The molecule has 0 N–H and O–H groups in total. The van der Waals surface area contributed by atoms with E-state index in [0.717, 1.165) is 43.2 Å². The Balaban J connectivity index is 1.56. The van der Waals surface area contributed by atoms with Crippen molar-refractivity contribution in [3.63, 3.8) is 0 Å². The average molecular weight is 504 g/mol. The zero-order valence-electron chi connectivity index (χ0n) is 22.4. The minimum Gasteiger partial charge on any atom is -0.265 e. The number of nitrogens with zero attached hydrogens (tertiary/aromatic N) is 3. The van der Waals surface area contributed by atoms with Crippen molar-refractivity contribution in [2.45, 2.75) is 52.4 Å². The molecule has 2 aromatic heterocycles. The molecule has 0 spiro atoms. The van der Waals surface area contributed by atoms with Crippen LogP contribution in [-0.4, -0.2) is 16.2 Å². The Morgan fingerprint density at radius 3 is 2.05 bits per heavy atom. The van der Waals surface area contributed by atoms with E-state index in [2.05, 4.69) is 101 Å². The van der Waals surface area contributed by atoms with Crippen LogP contribution in [0.15, 0.2) is 90.2 Å². The Kier molecular flexibility index (Phi) is 6.55. The zero-order valence-corrected chi connectivity index (χ0v) is 23.2. The molecule has 0 saturated heterocycles. The number of aliphatic imine (C=N–C) groups is 1. The molecule has 0 bridgehead atoms. The molecule has 0 aliphatic carbocycles. The summed E-state index contributed by atoms with van der Waals surface area (Å²) in [5.41, 5.74) is 9.12. The normalized spacial score (nSPS) is 12.5. The number of pyridine rings is 1. The lowest BCUT2D eigenvalue weighted by Crippen LogP contribution is -2.17. The van der Waals surface area contributed by atoms with Crippen LogP contribution in [-0.2, 0) is 10.8 Å². The van der Waals surface area contributed by atoms with Crippen LogP contribution in [0.2, 0.25) is 0 Å². The maximum Gasteiger partial charge on any atom is 0.126 e. The van der Waals surface area contributed by atoms with Gasteiger partial charge in [0, 0.05) is 29.7 Å². The predicted molar refractivity (Wildman–Crippen MR) is 159 cm³/mol. The summed E-state index contributed by atoms with van der Waals surface area (Å²) in [5.74, 6) is 0. The maximum absolute atomic E-state index is 5.09. The molecule has 0 aliphatic rings. The summed E-state index contributed by atoms with van der Waals surface area (Å²) in [6.45, 7) is 13.6. The third-order valence-electron chi connectivity index (χ3n) is 6.58. The summed E-state index contributed by atoms with van der Waals surface area (Å²) in [6, 6.07) is 25.6. The minimum atomic E-state index is 0.0648. The Morgan fingerprint density at radius 2 is 1.38 bits per heavy atom. The second-order valence-corrected chi connectivity index (χ2v) is 12.6. The highest BCUT2D eigenvalue weighted by molar-refractivity contribution is 7.21. The molecule has 3 aromatic carbocycles. The van der Waals surface area contributed by atoms with E-state index in [0.29, 0.717) is 0 Å². The Morgan fingerprint density at radius 1 is 0.730 bits per heavy atom. The van der Waals surface area contributed by atoms with Gasteiger partial charge in [0.05, 0.1) is 15.9 Å². The highest BCUT2D eigenvalue weighted by Crippen LogP contribution is 2.39. The maximum atomic E-state index is 5.09. The first-order chi connectivity index (χ1) is 17.6. The Labute approximate surface area is 224 Å². The molecule has 0 fully saturated rings. The van der Waals surface area contributed by atoms with Crippen molar-refractivity contribution in [1.29, 1.82) is 0 Å². The van der Waals surface area contributed by atoms with Crippen LogP contribution in [0.1, 0.15) is 58.2 Å². The van der Waals surface area contributed by atoms with Crippen molar-refractivity contribution < 1.29 is 0 Å². The van der Waals surface area contributed by atoms with E-state index in [1.807, 2.05) is 36.8 Å². The highest BCUT2D eigenvalue weighted by Gasteiger charge is 2.20. The van der Waals surface area contributed by atoms with Crippen molar-refractivity contribution in [3.05, 3.63) is 102 Å². The monoisotopic (exact) mass is 503 g/mol. The molecule has 186 valence electrons. The van der Waals surface area contributed by atoms with E-state index >= 15 is 0 Å². The first-order valence-electron chi connectivity index (χ1n) is 12.7. The summed E-state index contributed by atoms with van der Waals surface area (Å²) < 4.78 is 1.16. The molecule has 0 saturated carbocycles. The molecular weight excluding hydrogens is 470 g/mol. The number of fused-ring (bicyclic) bond motifs is 1. The molecule has 0 amide bonds. The van der Waals surface area contributed by atoms with Crippen molar-refractivity contribution in [2.75, 3.05) is 0 Å². The van der Waals surface area contributed by atoms with Crippen molar-refractivity contribution in [3.8, 4) is 21.7 Å². The van der Waals surface area contributed by atoms with Crippen LogP contribution in [0.5, 0.6) is 0 Å².